The van der Waals surface area contributed by atoms with Crippen molar-refractivity contribution in [3.8, 4) is 0 Å². The fourth-order valence-electron chi connectivity index (χ4n) is 1.79. The van der Waals surface area contributed by atoms with Crippen molar-refractivity contribution in [2.24, 2.45) is 0 Å². The fourth-order valence-corrected chi connectivity index (χ4v) is 1.79. The minimum Gasteiger partial charge on any atom is -0.454 e. The maximum atomic E-state index is 12.9. The second-order valence-electron chi connectivity index (χ2n) is 4.33. The van der Waals surface area contributed by atoms with Gasteiger partial charge in [0.25, 0.3) is 5.91 Å². The molecule has 0 aliphatic carbocycles. The molecule has 0 spiro atoms. The molecule has 20 heavy (non-hydrogen) atoms. The quantitative estimate of drug-likeness (QED) is 0.790. The number of ether oxygens (including phenoxy) is 1. The number of carbonyl (C=O) groups is 3. The van der Waals surface area contributed by atoms with Crippen LogP contribution in [0.15, 0.2) is 24.3 Å². The smallest absolute Gasteiger partial charge is 0.329 e. The second-order valence-corrected chi connectivity index (χ2v) is 4.33. The molecule has 0 bridgehead atoms. The number of nitrogens with one attached hydrogen (secondary N) is 2. The Kier molecular flexibility index (Phi) is 4.29. The largest absolute Gasteiger partial charge is 0.454 e. The zero-order valence-electron chi connectivity index (χ0n) is 10.5. The lowest BCUT2D eigenvalue weighted by Crippen LogP contribution is -2.36. The molecule has 1 heterocycles. The van der Waals surface area contributed by atoms with E-state index in [-0.39, 0.29) is 18.0 Å². The van der Waals surface area contributed by atoms with Gasteiger partial charge in [-0.1, -0.05) is 6.07 Å². The van der Waals surface area contributed by atoms with E-state index < -0.39 is 30.3 Å². The molecular weight excluding hydrogens is 267 g/mol. The van der Waals surface area contributed by atoms with Gasteiger partial charge in [0, 0.05) is 12.1 Å². The molecule has 7 heteroatoms. The molecule has 2 N–H and O–H groups in total. The van der Waals surface area contributed by atoms with Crippen LogP contribution in [0, 0.1) is 5.82 Å². The Morgan fingerprint density at radius 3 is 2.90 bits per heavy atom. The van der Waals surface area contributed by atoms with Gasteiger partial charge in [0.2, 0.25) is 5.91 Å². The molecule has 2 rings (SSSR count). The van der Waals surface area contributed by atoms with E-state index in [2.05, 4.69) is 10.6 Å². The van der Waals surface area contributed by atoms with Crippen molar-refractivity contribution < 1.29 is 23.5 Å². The monoisotopic (exact) mass is 280 g/mol. The number of carbonyl (C=O) groups excluding carboxylic acids is 3. The van der Waals surface area contributed by atoms with E-state index in [9.17, 15) is 18.8 Å². The third-order valence-corrected chi connectivity index (χ3v) is 2.73. The zero-order chi connectivity index (χ0) is 14.5. The van der Waals surface area contributed by atoms with Crippen molar-refractivity contribution in [3.05, 3.63) is 30.1 Å². The van der Waals surface area contributed by atoms with Gasteiger partial charge in [-0.15, -0.1) is 0 Å². The summed E-state index contributed by atoms with van der Waals surface area (Å²) in [4.78, 5) is 34.0. The zero-order valence-corrected chi connectivity index (χ0v) is 10.5. The number of esters is 1. The number of anilines is 1. The van der Waals surface area contributed by atoms with Gasteiger partial charge in [-0.2, -0.15) is 0 Å². The van der Waals surface area contributed by atoms with E-state index in [1.165, 1.54) is 18.2 Å². The summed E-state index contributed by atoms with van der Waals surface area (Å²) < 4.78 is 17.7. The molecule has 0 radical (unpaired) electrons. The Hall–Kier alpha value is -2.44. The summed E-state index contributed by atoms with van der Waals surface area (Å²) in [5, 5.41) is 4.83. The average molecular weight is 280 g/mol. The van der Waals surface area contributed by atoms with Crippen molar-refractivity contribution in [2.45, 2.75) is 18.9 Å². The second kappa shape index (κ2) is 6.14. The van der Waals surface area contributed by atoms with Crippen LogP contribution in [0.4, 0.5) is 10.1 Å². The van der Waals surface area contributed by atoms with Crippen LogP contribution in [0.25, 0.3) is 0 Å². The maximum Gasteiger partial charge on any atom is 0.329 e. The van der Waals surface area contributed by atoms with E-state index in [4.69, 9.17) is 4.74 Å². The molecule has 0 aromatic heterocycles. The number of rotatable bonds is 4. The minimum absolute atomic E-state index is 0.212. The van der Waals surface area contributed by atoms with Crippen LogP contribution in [0.1, 0.15) is 12.8 Å². The summed E-state index contributed by atoms with van der Waals surface area (Å²) in [6.45, 7) is -0.484. The van der Waals surface area contributed by atoms with Crippen molar-refractivity contribution in [2.75, 3.05) is 11.9 Å². The van der Waals surface area contributed by atoms with E-state index in [1.807, 2.05) is 0 Å². The van der Waals surface area contributed by atoms with Gasteiger partial charge in [0.05, 0.1) is 0 Å². The van der Waals surface area contributed by atoms with Gasteiger partial charge < -0.3 is 15.4 Å². The number of hydrogen-bond acceptors (Lipinski definition) is 4. The van der Waals surface area contributed by atoms with Gasteiger partial charge in [-0.3, -0.25) is 9.59 Å². The van der Waals surface area contributed by atoms with E-state index in [0.717, 1.165) is 6.07 Å². The Balaban J connectivity index is 1.77. The number of hydrogen-bond donors (Lipinski definition) is 2. The standard InChI is InChI=1S/C13H13FN2O4/c14-8-2-1-3-9(6-8)15-12(18)7-20-13(19)10-4-5-11(17)16-10/h1-3,6,10H,4-5,7H2,(H,15,18)(H,16,17)/t10-/m0/s1. The Morgan fingerprint density at radius 1 is 1.45 bits per heavy atom. The predicted octanol–water partition coefficient (Wildman–Crippen LogP) is 0.586. The van der Waals surface area contributed by atoms with Crippen LogP contribution < -0.4 is 10.6 Å². The number of benzene rings is 1. The van der Waals surface area contributed by atoms with E-state index in [1.54, 1.807) is 0 Å². The predicted molar refractivity (Wildman–Crippen MR) is 67.2 cm³/mol. The summed E-state index contributed by atoms with van der Waals surface area (Å²) >= 11 is 0. The van der Waals surface area contributed by atoms with E-state index in [0.29, 0.717) is 6.42 Å². The van der Waals surface area contributed by atoms with Crippen LogP contribution in [0.2, 0.25) is 0 Å². The van der Waals surface area contributed by atoms with Crippen LogP contribution >= 0.6 is 0 Å². The molecule has 1 aromatic rings. The SMILES string of the molecule is O=C(COC(=O)[C@@H]1CCC(=O)N1)Nc1cccc(F)c1. The fraction of sp³-hybridized carbons (Fsp3) is 0.308. The Labute approximate surface area is 114 Å². The van der Waals surface area contributed by atoms with Gasteiger partial charge in [0.1, 0.15) is 11.9 Å². The van der Waals surface area contributed by atoms with Crippen LogP contribution in [0.5, 0.6) is 0 Å². The van der Waals surface area contributed by atoms with Crippen LogP contribution in [-0.4, -0.2) is 30.4 Å². The van der Waals surface area contributed by atoms with Crippen LogP contribution in [0.3, 0.4) is 0 Å². The Bertz CT molecular complexity index is 547. The van der Waals surface area contributed by atoms with Crippen LogP contribution in [-0.2, 0) is 19.1 Å². The molecule has 1 fully saturated rings. The third-order valence-electron chi connectivity index (χ3n) is 2.73. The minimum atomic E-state index is -0.690. The van der Waals surface area contributed by atoms with Crippen molar-refractivity contribution >= 4 is 23.5 Å². The van der Waals surface area contributed by atoms with Crippen molar-refractivity contribution in [3.63, 3.8) is 0 Å². The first-order chi connectivity index (χ1) is 9.54. The maximum absolute atomic E-state index is 12.9. The summed E-state index contributed by atoms with van der Waals surface area (Å²) in [6.07, 6.45) is 0.637. The lowest BCUT2D eigenvalue weighted by atomic mass is 10.2. The highest BCUT2D eigenvalue weighted by molar-refractivity contribution is 5.94. The first-order valence-corrected chi connectivity index (χ1v) is 6.06. The van der Waals surface area contributed by atoms with Gasteiger partial charge >= 0.3 is 5.97 Å². The lowest BCUT2D eigenvalue weighted by Gasteiger charge is -2.10. The molecule has 1 atom stereocenters. The van der Waals surface area contributed by atoms with E-state index >= 15 is 0 Å². The third kappa shape index (κ3) is 3.78. The topological polar surface area (TPSA) is 84.5 Å². The number of halogens is 1. The summed E-state index contributed by atoms with van der Waals surface area (Å²) in [5.41, 5.74) is 0.278. The van der Waals surface area contributed by atoms with Crippen molar-refractivity contribution in [1.82, 2.24) is 5.32 Å². The van der Waals surface area contributed by atoms with Gasteiger partial charge in [-0.25, -0.2) is 9.18 Å². The number of amides is 2. The molecule has 1 saturated heterocycles. The van der Waals surface area contributed by atoms with Crippen molar-refractivity contribution in [1.29, 1.82) is 0 Å². The first-order valence-electron chi connectivity index (χ1n) is 6.06. The summed E-state index contributed by atoms with van der Waals surface area (Å²) in [5.74, 6) is -1.91. The molecule has 106 valence electrons. The molecule has 0 saturated carbocycles. The highest BCUT2D eigenvalue weighted by Crippen LogP contribution is 2.10. The highest BCUT2D eigenvalue weighted by Gasteiger charge is 2.28. The normalized spacial score (nSPS) is 17.4. The molecule has 6 nitrogen and oxygen atoms in total. The first kappa shape index (κ1) is 14.0. The molecular formula is C13H13FN2O4. The highest BCUT2D eigenvalue weighted by atomic mass is 19.1. The molecule has 1 aromatic carbocycles. The summed E-state index contributed by atoms with van der Waals surface area (Å²) in [7, 11) is 0. The lowest BCUT2D eigenvalue weighted by molar-refractivity contribution is -0.149. The summed E-state index contributed by atoms with van der Waals surface area (Å²) in [6, 6.07) is 4.67. The molecule has 1 aliphatic rings. The Morgan fingerprint density at radius 2 is 2.25 bits per heavy atom. The molecule has 0 unspecified atom stereocenters. The molecule has 1 aliphatic heterocycles. The molecule has 2 amide bonds. The average Bonchev–Trinajstić information content (AvgIpc) is 2.83. The van der Waals surface area contributed by atoms with Gasteiger partial charge in [0.15, 0.2) is 6.61 Å². The van der Waals surface area contributed by atoms with Gasteiger partial charge in [-0.05, 0) is 24.6 Å².